The molecule has 2 aliphatic carbocycles. The van der Waals surface area contributed by atoms with E-state index >= 15 is 0 Å². The van der Waals surface area contributed by atoms with Gasteiger partial charge < -0.3 is 0 Å². The number of hydrogen-bond acceptors (Lipinski definition) is 6. The summed E-state index contributed by atoms with van der Waals surface area (Å²) in [5, 5.41) is 8.39. The van der Waals surface area contributed by atoms with Crippen LogP contribution in [-0.2, 0) is 32.9 Å². The third kappa shape index (κ3) is 7.39. The molecule has 0 spiro atoms. The van der Waals surface area contributed by atoms with E-state index in [4.69, 9.17) is 0 Å². The van der Waals surface area contributed by atoms with Crippen molar-refractivity contribution in [2.75, 3.05) is 0 Å². The molecule has 2 aliphatic rings. The summed E-state index contributed by atoms with van der Waals surface area (Å²) in [7, 11) is -7.69. The highest BCUT2D eigenvalue weighted by molar-refractivity contribution is 7.89. The average molecular weight is 551 g/mol. The van der Waals surface area contributed by atoms with Crippen molar-refractivity contribution in [2.24, 2.45) is 10.2 Å². The number of allylic oxidation sites excluding steroid dienone is 2. The first-order valence-corrected chi connectivity index (χ1v) is 15.1. The Hall–Kier alpha value is -3.76. The van der Waals surface area contributed by atoms with E-state index in [9.17, 15) is 16.8 Å². The monoisotopic (exact) mass is 550 g/mol. The van der Waals surface area contributed by atoms with Gasteiger partial charge >= 0.3 is 0 Å². The van der Waals surface area contributed by atoms with E-state index in [0.717, 1.165) is 22.3 Å². The van der Waals surface area contributed by atoms with E-state index in [1.165, 1.54) is 24.3 Å². The minimum atomic E-state index is -3.85. The van der Waals surface area contributed by atoms with Gasteiger partial charge in [0.15, 0.2) is 0 Å². The fraction of sp³-hybridized carbons (Fsp3) is 0.214. The standard InChI is InChI=1S/C28H30N4O4S2/c1-21-3-17-27(18-4-21)37(33,34)31-29-25-13-11-23-7-9-24(10-8-23)12-14-26(16-15-25)30-32-38(35,36)28-19-5-22(2)6-20-28/h3-10,15-20,31-32H,11-14H2,1-2H3/b16-15-,29-25?,30-26?. The van der Waals surface area contributed by atoms with Crippen molar-refractivity contribution in [3.63, 3.8) is 0 Å². The zero-order valence-corrected chi connectivity index (χ0v) is 22.9. The van der Waals surface area contributed by atoms with E-state index in [1.807, 2.05) is 38.1 Å². The van der Waals surface area contributed by atoms with Gasteiger partial charge in [0.25, 0.3) is 20.0 Å². The molecule has 10 heteroatoms. The quantitative estimate of drug-likeness (QED) is 0.442. The van der Waals surface area contributed by atoms with Gasteiger partial charge in [-0.1, -0.05) is 59.7 Å². The lowest BCUT2D eigenvalue weighted by Gasteiger charge is -2.10. The topological polar surface area (TPSA) is 117 Å². The molecule has 8 nitrogen and oxygen atoms in total. The van der Waals surface area contributed by atoms with Gasteiger partial charge in [0, 0.05) is 0 Å². The summed E-state index contributed by atoms with van der Waals surface area (Å²) < 4.78 is 51.0. The van der Waals surface area contributed by atoms with Gasteiger partial charge in [0.2, 0.25) is 0 Å². The van der Waals surface area contributed by atoms with Crippen LogP contribution in [0.5, 0.6) is 0 Å². The van der Waals surface area contributed by atoms with Gasteiger partial charge in [-0.3, -0.25) is 0 Å². The van der Waals surface area contributed by atoms with Crippen LogP contribution in [0.15, 0.2) is 105 Å². The van der Waals surface area contributed by atoms with Crippen molar-refractivity contribution in [2.45, 2.75) is 49.3 Å². The summed E-state index contributed by atoms with van der Waals surface area (Å²) >= 11 is 0. The molecule has 3 aromatic carbocycles. The van der Waals surface area contributed by atoms with Crippen LogP contribution in [0.4, 0.5) is 0 Å². The van der Waals surface area contributed by atoms with Crippen LogP contribution in [0.2, 0.25) is 0 Å². The van der Waals surface area contributed by atoms with Gasteiger partial charge in [0.05, 0.1) is 21.2 Å². The minimum absolute atomic E-state index is 0.118. The highest BCUT2D eigenvalue weighted by Gasteiger charge is 2.14. The fourth-order valence-corrected chi connectivity index (χ4v) is 5.41. The molecule has 0 atom stereocenters. The van der Waals surface area contributed by atoms with E-state index < -0.39 is 20.0 Å². The van der Waals surface area contributed by atoms with Crippen LogP contribution in [-0.4, -0.2) is 28.3 Å². The number of hydrazone groups is 2. The summed E-state index contributed by atoms with van der Waals surface area (Å²) in [4.78, 5) is 4.89. The number of sulfonamides is 2. The molecule has 198 valence electrons. The lowest BCUT2D eigenvalue weighted by atomic mass is 10.00. The Labute approximate surface area is 224 Å². The second-order valence-corrected chi connectivity index (χ2v) is 12.5. The van der Waals surface area contributed by atoms with Crippen LogP contribution in [0.1, 0.15) is 35.1 Å². The SMILES string of the molecule is Cc1ccc(S(=O)(=O)NN=C2/C=C\C(=NNS(=O)(=O)c3ccc(C)cc3)CCc3ccc(cc3)CC2)cc1. The number of hydrogen-bond donors (Lipinski definition) is 2. The number of nitrogens with one attached hydrogen (secondary N) is 2. The van der Waals surface area contributed by atoms with Crippen LogP contribution < -0.4 is 9.66 Å². The molecule has 0 amide bonds. The third-order valence-electron chi connectivity index (χ3n) is 6.11. The van der Waals surface area contributed by atoms with Gasteiger partial charge in [-0.2, -0.15) is 36.7 Å². The predicted molar refractivity (Wildman–Crippen MR) is 150 cm³/mol. The number of aryl methyl sites for hydroxylation is 4. The molecular formula is C28H30N4O4S2. The van der Waals surface area contributed by atoms with Crippen LogP contribution in [0.25, 0.3) is 0 Å². The van der Waals surface area contributed by atoms with Gasteiger partial charge in [-0.15, -0.1) is 0 Å². The molecule has 0 heterocycles. The first-order valence-electron chi connectivity index (χ1n) is 12.2. The summed E-state index contributed by atoms with van der Waals surface area (Å²) in [5.74, 6) is 0. The van der Waals surface area contributed by atoms with E-state index in [0.29, 0.717) is 37.1 Å². The molecule has 0 radical (unpaired) electrons. The van der Waals surface area contributed by atoms with E-state index in [1.54, 1.807) is 36.4 Å². The summed E-state index contributed by atoms with van der Waals surface area (Å²) in [5.41, 5.74) is 5.09. The number of nitrogens with zero attached hydrogens (tertiary/aromatic N) is 2. The minimum Gasteiger partial charge on any atom is -0.200 e. The maximum atomic E-state index is 12.8. The second kappa shape index (κ2) is 11.7. The molecule has 0 aromatic heterocycles. The Morgan fingerprint density at radius 1 is 0.526 bits per heavy atom. The number of rotatable bonds is 6. The second-order valence-electron chi connectivity index (χ2n) is 9.17. The average Bonchev–Trinajstić information content (AvgIpc) is 2.89. The van der Waals surface area contributed by atoms with E-state index in [-0.39, 0.29) is 9.79 Å². The number of benzene rings is 3. The molecule has 5 rings (SSSR count). The molecule has 0 saturated carbocycles. The highest BCUT2D eigenvalue weighted by atomic mass is 32.2. The van der Waals surface area contributed by atoms with Crippen molar-refractivity contribution >= 4 is 31.5 Å². The predicted octanol–water partition coefficient (Wildman–Crippen LogP) is 4.41. The first kappa shape index (κ1) is 27.3. The Bertz CT molecular complexity index is 1450. The van der Waals surface area contributed by atoms with Crippen molar-refractivity contribution < 1.29 is 16.8 Å². The smallest absolute Gasteiger partial charge is 0.200 e. The number of fused-ring (bicyclic) bond motifs is 8. The molecule has 3 aromatic rings. The van der Waals surface area contributed by atoms with Crippen LogP contribution in [0, 0.1) is 13.8 Å². The van der Waals surface area contributed by atoms with Gasteiger partial charge in [-0.05, 0) is 87.1 Å². The molecule has 0 saturated heterocycles. The zero-order valence-electron chi connectivity index (χ0n) is 21.3. The van der Waals surface area contributed by atoms with E-state index in [2.05, 4.69) is 19.9 Å². The Balaban J connectivity index is 1.61. The van der Waals surface area contributed by atoms with Gasteiger partial charge in [-0.25, -0.2) is 0 Å². The zero-order chi connectivity index (χ0) is 27.2. The maximum absolute atomic E-state index is 12.8. The molecule has 0 fully saturated rings. The fourth-order valence-electron chi connectivity index (χ4n) is 3.74. The van der Waals surface area contributed by atoms with Crippen molar-refractivity contribution in [1.82, 2.24) is 9.66 Å². The van der Waals surface area contributed by atoms with Crippen molar-refractivity contribution in [1.29, 1.82) is 0 Å². The van der Waals surface area contributed by atoms with Crippen LogP contribution >= 0.6 is 0 Å². The molecular weight excluding hydrogens is 520 g/mol. The molecule has 0 aliphatic heterocycles. The molecule has 0 unspecified atom stereocenters. The maximum Gasteiger partial charge on any atom is 0.276 e. The highest BCUT2D eigenvalue weighted by Crippen LogP contribution is 2.14. The largest absolute Gasteiger partial charge is 0.276 e. The molecule has 38 heavy (non-hydrogen) atoms. The van der Waals surface area contributed by atoms with Crippen molar-refractivity contribution in [3.8, 4) is 0 Å². The lowest BCUT2D eigenvalue weighted by molar-refractivity contribution is 0.582. The molecule has 2 bridgehead atoms. The van der Waals surface area contributed by atoms with Crippen LogP contribution in [0.3, 0.4) is 0 Å². The van der Waals surface area contributed by atoms with Gasteiger partial charge in [0.1, 0.15) is 0 Å². The third-order valence-corrected chi connectivity index (χ3v) is 8.56. The summed E-state index contributed by atoms with van der Waals surface area (Å²) in [6.45, 7) is 3.76. The normalized spacial score (nSPS) is 17.5. The molecule has 2 N–H and O–H groups in total. The lowest BCUT2D eigenvalue weighted by Crippen LogP contribution is -2.21. The Kier molecular flexibility index (Phi) is 8.43. The summed E-state index contributed by atoms with van der Waals surface area (Å²) in [6.07, 6.45) is 5.59. The Morgan fingerprint density at radius 3 is 1.21 bits per heavy atom. The van der Waals surface area contributed by atoms with Crippen molar-refractivity contribution in [3.05, 3.63) is 107 Å². The Morgan fingerprint density at radius 2 is 0.868 bits per heavy atom. The summed E-state index contributed by atoms with van der Waals surface area (Å²) in [6, 6.07) is 21.1. The first-order chi connectivity index (χ1) is 18.1.